The molecular weight excluding hydrogens is 408 g/mol. The second-order valence-electron chi connectivity index (χ2n) is 5.78. The van der Waals surface area contributed by atoms with Crippen molar-refractivity contribution in [3.8, 4) is 5.75 Å². The van der Waals surface area contributed by atoms with Gasteiger partial charge in [0.15, 0.2) is 0 Å². The number of hydrogen-bond acceptors (Lipinski definition) is 3. The maximum absolute atomic E-state index is 12.7. The number of amides is 2. The van der Waals surface area contributed by atoms with Crippen LogP contribution in [0.25, 0.3) is 0 Å². The Bertz CT molecular complexity index is 988. The molecule has 27 heavy (non-hydrogen) atoms. The molecule has 0 spiro atoms. The van der Waals surface area contributed by atoms with Gasteiger partial charge in [-0.25, -0.2) is 0 Å². The van der Waals surface area contributed by atoms with Gasteiger partial charge in [0.1, 0.15) is 12.4 Å². The van der Waals surface area contributed by atoms with Gasteiger partial charge in [-0.2, -0.15) is 0 Å². The number of hydrogen-bond donors (Lipinski definition) is 2. The summed E-state index contributed by atoms with van der Waals surface area (Å²) in [5, 5.41) is 2.77. The average Bonchev–Trinajstić information content (AvgIpc) is 2.68. The van der Waals surface area contributed by atoms with Gasteiger partial charge in [0.05, 0.1) is 5.56 Å². The first kappa shape index (κ1) is 18.7. The Kier molecular flexibility index (Phi) is 5.88. The molecule has 0 atom stereocenters. The van der Waals surface area contributed by atoms with Crippen LogP contribution in [-0.4, -0.2) is 11.8 Å². The molecule has 0 saturated heterocycles. The van der Waals surface area contributed by atoms with Gasteiger partial charge >= 0.3 is 0 Å². The molecule has 3 N–H and O–H groups in total. The summed E-state index contributed by atoms with van der Waals surface area (Å²) >= 11 is 3.48. The van der Waals surface area contributed by atoms with Crippen LogP contribution in [0, 0.1) is 0 Å². The van der Waals surface area contributed by atoms with Crippen molar-refractivity contribution in [1.82, 2.24) is 0 Å². The zero-order chi connectivity index (χ0) is 19.2. The largest absolute Gasteiger partial charge is 0.488 e. The number of nitrogens with one attached hydrogen (secondary N) is 1. The Morgan fingerprint density at radius 3 is 2.48 bits per heavy atom. The smallest absolute Gasteiger partial charge is 0.259 e. The summed E-state index contributed by atoms with van der Waals surface area (Å²) in [6.45, 7) is 0.322. The van der Waals surface area contributed by atoms with Gasteiger partial charge in [0.25, 0.3) is 5.91 Å². The highest BCUT2D eigenvalue weighted by molar-refractivity contribution is 9.10. The zero-order valence-electron chi connectivity index (χ0n) is 14.3. The molecule has 0 unspecified atom stereocenters. The molecule has 136 valence electrons. The van der Waals surface area contributed by atoms with Gasteiger partial charge in [-0.05, 0) is 36.4 Å². The lowest BCUT2D eigenvalue weighted by Gasteiger charge is -2.13. The van der Waals surface area contributed by atoms with Crippen LogP contribution in [0.2, 0.25) is 0 Å². The summed E-state index contributed by atoms with van der Waals surface area (Å²) in [7, 11) is 0. The summed E-state index contributed by atoms with van der Waals surface area (Å²) in [6.07, 6.45) is 0. The minimum Gasteiger partial charge on any atom is -0.488 e. The van der Waals surface area contributed by atoms with E-state index in [1.165, 1.54) is 6.07 Å². The van der Waals surface area contributed by atoms with E-state index in [0.29, 0.717) is 29.2 Å². The minimum absolute atomic E-state index is 0.322. The maximum Gasteiger partial charge on any atom is 0.259 e. The minimum atomic E-state index is -0.553. The molecule has 0 aromatic heterocycles. The van der Waals surface area contributed by atoms with Crippen LogP contribution in [0.4, 0.5) is 5.69 Å². The zero-order valence-corrected chi connectivity index (χ0v) is 15.9. The van der Waals surface area contributed by atoms with Crippen molar-refractivity contribution in [3.63, 3.8) is 0 Å². The fraction of sp³-hybridized carbons (Fsp3) is 0.0476. The molecule has 0 bridgehead atoms. The molecule has 0 radical (unpaired) electrons. The van der Waals surface area contributed by atoms with Gasteiger partial charge in [0.2, 0.25) is 5.91 Å². The predicted octanol–water partition coefficient (Wildman–Crippen LogP) is 4.38. The third kappa shape index (κ3) is 4.74. The lowest BCUT2D eigenvalue weighted by molar-refractivity contribution is 0.0995. The summed E-state index contributed by atoms with van der Waals surface area (Å²) < 4.78 is 6.80. The average molecular weight is 425 g/mol. The SMILES string of the molecule is NC(=O)c1cccc(NC(=O)c2ccccc2OCc2ccccc2Br)c1. The summed E-state index contributed by atoms with van der Waals surface area (Å²) in [5.41, 5.74) is 7.46. The third-order valence-electron chi connectivity index (χ3n) is 3.88. The quantitative estimate of drug-likeness (QED) is 0.615. The first-order valence-corrected chi connectivity index (χ1v) is 9.00. The van der Waals surface area contributed by atoms with Crippen LogP contribution in [0.5, 0.6) is 5.75 Å². The van der Waals surface area contributed by atoms with Crippen molar-refractivity contribution < 1.29 is 14.3 Å². The molecule has 0 heterocycles. The van der Waals surface area contributed by atoms with Gasteiger partial charge < -0.3 is 15.8 Å². The van der Waals surface area contributed by atoms with Gasteiger partial charge in [-0.15, -0.1) is 0 Å². The molecule has 0 saturated carbocycles. The third-order valence-corrected chi connectivity index (χ3v) is 4.65. The van der Waals surface area contributed by atoms with E-state index in [0.717, 1.165) is 10.0 Å². The van der Waals surface area contributed by atoms with Gasteiger partial charge in [-0.1, -0.05) is 52.3 Å². The molecule has 3 aromatic carbocycles. The molecule has 0 aliphatic heterocycles. The van der Waals surface area contributed by atoms with E-state index >= 15 is 0 Å². The Labute approximate surface area is 165 Å². The van der Waals surface area contributed by atoms with E-state index in [9.17, 15) is 9.59 Å². The van der Waals surface area contributed by atoms with E-state index < -0.39 is 5.91 Å². The Morgan fingerprint density at radius 2 is 1.70 bits per heavy atom. The Morgan fingerprint density at radius 1 is 0.963 bits per heavy atom. The van der Waals surface area contributed by atoms with E-state index in [4.69, 9.17) is 10.5 Å². The first-order chi connectivity index (χ1) is 13.0. The molecule has 2 amide bonds. The number of ether oxygens (including phenoxy) is 1. The normalized spacial score (nSPS) is 10.3. The van der Waals surface area contributed by atoms with Crippen LogP contribution < -0.4 is 15.8 Å². The number of anilines is 1. The molecule has 0 aliphatic carbocycles. The van der Waals surface area contributed by atoms with Gasteiger partial charge in [-0.3, -0.25) is 9.59 Å². The van der Waals surface area contributed by atoms with Gasteiger partial charge in [0, 0.05) is 21.3 Å². The van der Waals surface area contributed by atoms with E-state index in [2.05, 4.69) is 21.2 Å². The lowest BCUT2D eigenvalue weighted by Crippen LogP contribution is -2.15. The van der Waals surface area contributed by atoms with E-state index in [1.54, 1.807) is 42.5 Å². The maximum atomic E-state index is 12.7. The van der Waals surface area contributed by atoms with Crippen molar-refractivity contribution in [1.29, 1.82) is 0 Å². The molecule has 6 heteroatoms. The molecule has 0 aliphatic rings. The fourth-order valence-corrected chi connectivity index (χ4v) is 2.90. The summed E-state index contributed by atoms with van der Waals surface area (Å²) in [5.74, 6) is -0.417. The van der Waals surface area contributed by atoms with E-state index in [1.807, 2.05) is 24.3 Å². The number of carbonyl (C=O) groups is 2. The number of primary amides is 1. The van der Waals surface area contributed by atoms with E-state index in [-0.39, 0.29) is 5.91 Å². The highest BCUT2D eigenvalue weighted by atomic mass is 79.9. The Hall–Kier alpha value is -3.12. The number of nitrogens with two attached hydrogens (primary N) is 1. The van der Waals surface area contributed by atoms with Crippen molar-refractivity contribution in [2.24, 2.45) is 5.73 Å². The Balaban J connectivity index is 1.77. The van der Waals surface area contributed by atoms with Crippen molar-refractivity contribution >= 4 is 33.4 Å². The topological polar surface area (TPSA) is 81.4 Å². The van der Waals surface area contributed by atoms with Crippen molar-refractivity contribution in [2.75, 3.05) is 5.32 Å². The van der Waals surface area contributed by atoms with Crippen molar-refractivity contribution in [2.45, 2.75) is 6.61 Å². The molecular formula is C21H17BrN2O3. The summed E-state index contributed by atoms with van der Waals surface area (Å²) in [6, 6.07) is 21.2. The predicted molar refractivity (Wildman–Crippen MR) is 108 cm³/mol. The monoisotopic (exact) mass is 424 g/mol. The number of para-hydroxylation sites is 1. The number of rotatable bonds is 6. The number of carbonyl (C=O) groups excluding carboxylic acids is 2. The lowest BCUT2D eigenvalue weighted by atomic mass is 10.1. The highest BCUT2D eigenvalue weighted by Crippen LogP contribution is 2.23. The van der Waals surface area contributed by atoms with Crippen LogP contribution in [-0.2, 0) is 6.61 Å². The molecule has 3 aromatic rings. The second kappa shape index (κ2) is 8.51. The molecule has 0 fully saturated rings. The highest BCUT2D eigenvalue weighted by Gasteiger charge is 2.13. The number of benzene rings is 3. The van der Waals surface area contributed by atoms with Crippen LogP contribution in [0.15, 0.2) is 77.3 Å². The van der Waals surface area contributed by atoms with Crippen molar-refractivity contribution in [3.05, 3.63) is 94.0 Å². The molecule has 5 nitrogen and oxygen atoms in total. The fourth-order valence-electron chi connectivity index (χ4n) is 2.50. The second-order valence-corrected chi connectivity index (χ2v) is 6.63. The van der Waals surface area contributed by atoms with Crippen LogP contribution in [0.1, 0.15) is 26.3 Å². The first-order valence-electron chi connectivity index (χ1n) is 8.21. The standard InChI is InChI=1S/C21H17BrN2O3/c22-18-10-3-1-6-15(18)13-27-19-11-4-2-9-17(19)21(26)24-16-8-5-7-14(12-16)20(23)25/h1-12H,13H2,(H2,23,25)(H,24,26). The summed E-state index contributed by atoms with van der Waals surface area (Å²) in [4.78, 5) is 24.0. The number of halogens is 1. The molecule has 3 rings (SSSR count). The van der Waals surface area contributed by atoms with Crippen LogP contribution in [0.3, 0.4) is 0 Å². The van der Waals surface area contributed by atoms with Crippen LogP contribution >= 0.6 is 15.9 Å².